The number of nitriles is 1. The van der Waals surface area contributed by atoms with E-state index in [2.05, 4.69) is 15.9 Å². The molecule has 0 aromatic heterocycles. The third-order valence-corrected chi connectivity index (χ3v) is 3.65. The van der Waals surface area contributed by atoms with Gasteiger partial charge in [-0.1, -0.05) is 15.9 Å². The highest BCUT2D eigenvalue weighted by atomic mass is 79.9. The normalized spacial score (nSPS) is 10.3. The lowest BCUT2D eigenvalue weighted by Gasteiger charge is -2.14. The molecular formula is C16H12BrF2NO. The molecule has 0 fully saturated rings. The Morgan fingerprint density at radius 2 is 1.57 bits per heavy atom. The van der Waals surface area contributed by atoms with Crippen LogP contribution in [0.25, 0.3) is 0 Å². The molecule has 0 aliphatic carbocycles. The van der Waals surface area contributed by atoms with Crippen molar-refractivity contribution in [2.75, 3.05) is 0 Å². The van der Waals surface area contributed by atoms with Gasteiger partial charge in [-0.3, -0.25) is 0 Å². The minimum Gasteiger partial charge on any atom is -0.451 e. The first-order valence-corrected chi connectivity index (χ1v) is 7.31. The molecule has 21 heavy (non-hydrogen) atoms. The molecule has 0 N–H and O–H groups in total. The number of hydrogen-bond acceptors (Lipinski definition) is 2. The Morgan fingerprint density at radius 3 is 2.00 bits per heavy atom. The monoisotopic (exact) mass is 351 g/mol. The summed E-state index contributed by atoms with van der Waals surface area (Å²) in [6.07, 6.45) is 0. The van der Waals surface area contributed by atoms with Gasteiger partial charge in [-0.15, -0.1) is 0 Å². The van der Waals surface area contributed by atoms with Crippen LogP contribution in [0, 0.1) is 36.8 Å². The van der Waals surface area contributed by atoms with Crippen LogP contribution in [0.2, 0.25) is 0 Å². The standard InChI is InChI=1S/C16H12BrF2NO/c1-9-3-12(8-20)4-10(2)15(9)21-16-13(18)5-11(7-17)6-14(16)19/h3-6H,7H2,1-2H3. The van der Waals surface area contributed by atoms with Crippen LogP contribution < -0.4 is 4.74 Å². The topological polar surface area (TPSA) is 33.0 Å². The number of halogens is 3. The Hall–Kier alpha value is -1.93. The maximum Gasteiger partial charge on any atom is 0.198 e. The van der Waals surface area contributed by atoms with E-state index in [4.69, 9.17) is 10.00 Å². The fraction of sp³-hybridized carbons (Fsp3) is 0.188. The van der Waals surface area contributed by atoms with E-state index >= 15 is 0 Å². The molecule has 0 amide bonds. The average Bonchev–Trinajstić information content (AvgIpc) is 2.44. The summed E-state index contributed by atoms with van der Waals surface area (Å²) in [6, 6.07) is 7.71. The second-order valence-corrected chi connectivity index (χ2v) is 5.24. The van der Waals surface area contributed by atoms with E-state index in [0.29, 0.717) is 33.3 Å². The highest BCUT2D eigenvalue weighted by molar-refractivity contribution is 9.08. The van der Waals surface area contributed by atoms with Crippen LogP contribution in [0.1, 0.15) is 22.3 Å². The third kappa shape index (κ3) is 3.22. The first-order valence-electron chi connectivity index (χ1n) is 6.19. The van der Waals surface area contributed by atoms with E-state index in [0.717, 1.165) is 0 Å². The van der Waals surface area contributed by atoms with Crippen molar-refractivity contribution >= 4 is 15.9 Å². The van der Waals surface area contributed by atoms with E-state index in [-0.39, 0.29) is 0 Å². The molecular weight excluding hydrogens is 340 g/mol. The van der Waals surface area contributed by atoms with Crippen LogP contribution in [0.3, 0.4) is 0 Å². The zero-order chi connectivity index (χ0) is 15.6. The van der Waals surface area contributed by atoms with Crippen molar-refractivity contribution in [3.8, 4) is 17.6 Å². The largest absolute Gasteiger partial charge is 0.451 e. The Labute approximate surface area is 130 Å². The molecule has 0 aliphatic rings. The van der Waals surface area contributed by atoms with Crippen molar-refractivity contribution < 1.29 is 13.5 Å². The van der Waals surface area contributed by atoms with Gasteiger partial charge in [0.1, 0.15) is 5.75 Å². The van der Waals surface area contributed by atoms with Crippen molar-refractivity contribution in [2.45, 2.75) is 19.2 Å². The minimum atomic E-state index is -0.757. The minimum absolute atomic E-state index is 0.357. The van der Waals surface area contributed by atoms with E-state index in [1.165, 1.54) is 12.1 Å². The van der Waals surface area contributed by atoms with Gasteiger partial charge in [0, 0.05) is 5.33 Å². The van der Waals surface area contributed by atoms with Gasteiger partial charge in [0.15, 0.2) is 17.4 Å². The second-order valence-electron chi connectivity index (χ2n) is 4.68. The van der Waals surface area contributed by atoms with Gasteiger partial charge in [0.05, 0.1) is 11.6 Å². The summed E-state index contributed by atoms with van der Waals surface area (Å²) in [7, 11) is 0. The smallest absolute Gasteiger partial charge is 0.198 e. The number of rotatable bonds is 3. The van der Waals surface area contributed by atoms with Gasteiger partial charge < -0.3 is 4.74 Å². The fourth-order valence-electron chi connectivity index (χ4n) is 2.06. The van der Waals surface area contributed by atoms with Crippen molar-refractivity contribution in [1.82, 2.24) is 0 Å². The Morgan fingerprint density at radius 1 is 1.05 bits per heavy atom. The molecule has 0 heterocycles. The molecule has 2 aromatic carbocycles. The molecule has 2 nitrogen and oxygen atoms in total. The Bertz CT molecular complexity index is 692. The van der Waals surface area contributed by atoms with Crippen LogP contribution in [-0.4, -0.2) is 0 Å². The van der Waals surface area contributed by atoms with E-state index in [9.17, 15) is 8.78 Å². The molecule has 0 unspecified atom stereocenters. The van der Waals surface area contributed by atoms with Gasteiger partial charge in [-0.25, -0.2) is 8.78 Å². The van der Waals surface area contributed by atoms with Crippen molar-refractivity contribution in [3.63, 3.8) is 0 Å². The second kappa shape index (κ2) is 6.23. The molecule has 0 radical (unpaired) electrons. The summed E-state index contributed by atoms with van der Waals surface area (Å²) in [4.78, 5) is 0. The lowest BCUT2D eigenvalue weighted by molar-refractivity contribution is 0.402. The molecule has 108 valence electrons. The molecule has 2 aromatic rings. The van der Waals surface area contributed by atoms with Gasteiger partial charge in [-0.05, 0) is 54.8 Å². The van der Waals surface area contributed by atoms with Crippen LogP contribution in [0.15, 0.2) is 24.3 Å². The summed E-state index contributed by atoms with van der Waals surface area (Å²) in [5.74, 6) is -1.59. The predicted octanol–water partition coefficient (Wildman–Crippen LogP) is 5.14. The molecule has 0 bridgehead atoms. The highest BCUT2D eigenvalue weighted by Crippen LogP contribution is 2.33. The van der Waals surface area contributed by atoms with Gasteiger partial charge in [0.25, 0.3) is 0 Å². The lowest BCUT2D eigenvalue weighted by atomic mass is 10.1. The summed E-state index contributed by atoms with van der Waals surface area (Å²) in [5, 5.41) is 9.25. The molecule has 0 saturated heterocycles. The Balaban J connectivity index is 2.47. The quantitative estimate of drug-likeness (QED) is 0.717. The predicted molar refractivity (Wildman–Crippen MR) is 79.7 cm³/mol. The summed E-state index contributed by atoms with van der Waals surface area (Å²) >= 11 is 3.15. The van der Waals surface area contributed by atoms with E-state index in [1.54, 1.807) is 26.0 Å². The number of alkyl halides is 1. The molecule has 0 spiro atoms. The summed E-state index contributed by atoms with van der Waals surface area (Å²) in [6.45, 7) is 3.46. The first-order chi connectivity index (χ1) is 9.96. The number of nitrogens with zero attached hydrogens (tertiary/aromatic N) is 1. The van der Waals surface area contributed by atoms with Crippen molar-refractivity contribution in [3.05, 3.63) is 58.2 Å². The SMILES string of the molecule is Cc1cc(C#N)cc(C)c1Oc1c(F)cc(CBr)cc1F. The van der Waals surface area contributed by atoms with Gasteiger partial charge >= 0.3 is 0 Å². The first kappa shape index (κ1) is 15.5. The highest BCUT2D eigenvalue weighted by Gasteiger charge is 2.16. The Kier molecular flexibility index (Phi) is 4.59. The number of benzene rings is 2. The maximum absolute atomic E-state index is 14.0. The van der Waals surface area contributed by atoms with Gasteiger partial charge in [0.2, 0.25) is 0 Å². The van der Waals surface area contributed by atoms with Crippen molar-refractivity contribution in [2.24, 2.45) is 0 Å². The van der Waals surface area contributed by atoms with E-state index in [1.807, 2.05) is 6.07 Å². The average molecular weight is 352 g/mol. The fourth-order valence-corrected chi connectivity index (χ4v) is 2.39. The zero-order valence-corrected chi connectivity index (χ0v) is 13.1. The molecule has 5 heteroatoms. The van der Waals surface area contributed by atoms with Crippen molar-refractivity contribution in [1.29, 1.82) is 5.26 Å². The summed E-state index contributed by atoms with van der Waals surface area (Å²) < 4.78 is 33.3. The molecule has 0 aliphatic heterocycles. The number of ether oxygens (including phenoxy) is 1. The number of hydrogen-bond donors (Lipinski definition) is 0. The maximum atomic E-state index is 14.0. The van der Waals surface area contributed by atoms with E-state index < -0.39 is 17.4 Å². The lowest BCUT2D eigenvalue weighted by Crippen LogP contribution is -1.98. The van der Waals surface area contributed by atoms with Gasteiger partial charge in [-0.2, -0.15) is 5.26 Å². The zero-order valence-electron chi connectivity index (χ0n) is 11.5. The molecule has 2 rings (SSSR count). The number of aryl methyl sites for hydroxylation is 2. The molecule has 0 atom stereocenters. The van der Waals surface area contributed by atoms with Crippen LogP contribution in [0.4, 0.5) is 8.78 Å². The third-order valence-electron chi connectivity index (χ3n) is 3.01. The van der Waals surface area contributed by atoms with Crippen LogP contribution >= 0.6 is 15.9 Å². The summed E-state index contributed by atoms with van der Waals surface area (Å²) in [5.41, 5.74) is 2.27. The van der Waals surface area contributed by atoms with Crippen LogP contribution in [0.5, 0.6) is 11.5 Å². The molecule has 0 saturated carbocycles. The van der Waals surface area contributed by atoms with Crippen LogP contribution in [-0.2, 0) is 5.33 Å².